The number of anilines is 1. The number of pyridine rings is 1. The standard InChI is InChI=1S/C25H31N3O2.ClH/c1-4-23(29)21-11-10-19(17-24(21)30-3)22-16-18-8-6-7-9-20(18)25(26-22)28-14-12-27(5-2)13-15-28;/h6-11,16-17,23,29H,4-5,12-15H2,1-3H3;1H. The maximum atomic E-state index is 10.3. The smallest absolute Gasteiger partial charge is 0.137 e. The number of benzene rings is 2. The van der Waals surface area contributed by atoms with Gasteiger partial charge >= 0.3 is 0 Å². The molecule has 1 unspecified atom stereocenters. The van der Waals surface area contributed by atoms with Crippen molar-refractivity contribution in [1.29, 1.82) is 0 Å². The van der Waals surface area contributed by atoms with Crippen molar-refractivity contribution >= 4 is 29.0 Å². The SMILES string of the molecule is CCC(O)c1ccc(-c2cc3ccccc3c(N3CCN(CC)CC3)n2)cc1OC.Cl. The third kappa shape index (κ3) is 4.79. The molecule has 2 aromatic carbocycles. The van der Waals surface area contributed by atoms with Gasteiger partial charge in [0.25, 0.3) is 0 Å². The van der Waals surface area contributed by atoms with Crippen LogP contribution >= 0.6 is 12.4 Å². The minimum Gasteiger partial charge on any atom is -0.496 e. The van der Waals surface area contributed by atoms with E-state index in [0.717, 1.165) is 55.4 Å². The first kappa shape index (κ1) is 23.3. The van der Waals surface area contributed by atoms with Gasteiger partial charge in [-0.25, -0.2) is 4.98 Å². The molecule has 0 amide bonds. The molecule has 3 aromatic rings. The summed E-state index contributed by atoms with van der Waals surface area (Å²) in [7, 11) is 1.65. The van der Waals surface area contributed by atoms with Crippen molar-refractivity contribution in [3.05, 3.63) is 54.1 Å². The van der Waals surface area contributed by atoms with Crippen LogP contribution in [0.25, 0.3) is 22.0 Å². The first-order valence-corrected chi connectivity index (χ1v) is 10.9. The van der Waals surface area contributed by atoms with Gasteiger partial charge in [-0.3, -0.25) is 0 Å². The van der Waals surface area contributed by atoms with Crippen LogP contribution in [0.3, 0.4) is 0 Å². The molecule has 2 heterocycles. The Labute approximate surface area is 191 Å². The normalized spacial score (nSPS) is 15.5. The molecule has 0 aliphatic carbocycles. The van der Waals surface area contributed by atoms with Gasteiger partial charge in [-0.1, -0.05) is 50.2 Å². The summed E-state index contributed by atoms with van der Waals surface area (Å²) in [6.45, 7) is 9.38. The highest BCUT2D eigenvalue weighted by atomic mass is 35.5. The van der Waals surface area contributed by atoms with E-state index >= 15 is 0 Å². The summed E-state index contributed by atoms with van der Waals surface area (Å²) in [6.07, 6.45) is 0.127. The van der Waals surface area contributed by atoms with Gasteiger partial charge in [0.15, 0.2) is 0 Å². The number of aliphatic hydroxyl groups excluding tert-OH is 1. The van der Waals surface area contributed by atoms with E-state index in [1.165, 1.54) is 10.8 Å². The molecule has 1 N–H and O–H groups in total. The van der Waals surface area contributed by atoms with E-state index < -0.39 is 6.10 Å². The van der Waals surface area contributed by atoms with Crippen molar-refractivity contribution < 1.29 is 9.84 Å². The Morgan fingerprint density at radius 3 is 2.45 bits per heavy atom. The average molecular weight is 442 g/mol. The highest BCUT2D eigenvalue weighted by Gasteiger charge is 2.20. The molecule has 4 rings (SSSR count). The lowest BCUT2D eigenvalue weighted by Gasteiger charge is -2.35. The summed E-state index contributed by atoms with van der Waals surface area (Å²) in [5, 5.41) is 12.7. The molecule has 1 aromatic heterocycles. The third-order valence-corrected chi connectivity index (χ3v) is 6.11. The van der Waals surface area contributed by atoms with Crippen molar-refractivity contribution in [3.63, 3.8) is 0 Å². The van der Waals surface area contributed by atoms with Crippen molar-refractivity contribution in [2.24, 2.45) is 0 Å². The Morgan fingerprint density at radius 1 is 1.03 bits per heavy atom. The van der Waals surface area contributed by atoms with Crippen molar-refractivity contribution in [3.8, 4) is 17.0 Å². The second-order valence-electron chi connectivity index (χ2n) is 7.85. The summed E-state index contributed by atoms with van der Waals surface area (Å²) in [5.41, 5.74) is 2.75. The average Bonchev–Trinajstić information content (AvgIpc) is 2.82. The summed E-state index contributed by atoms with van der Waals surface area (Å²) < 4.78 is 5.58. The number of hydrogen-bond acceptors (Lipinski definition) is 5. The fraction of sp³-hybridized carbons (Fsp3) is 0.400. The van der Waals surface area contributed by atoms with Crippen LogP contribution in [0.2, 0.25) is 0 Å². The summed E-state index contributed by atoms with van der Waals surface area (Å²) in [5.74, 6) is 1.76. The molecule has 0 radical (unpaired) electrons. The Morgan fingerprint density at radius 2 is 1.77 bits per heavy atom. The Bertz CT molecular complexity index is 1020. The number of hydrogen-bond donors (Lipinski definition) is 1. The Hall–Kier alpha value is -2.34. The van der Waals surface area contributed by atoms with Crippen molar-refractivity contribution in [2.75, 3.05) is 44.7 Å². The van der Waals surface area contributed by atoms with Crippen LogP contribution in [0.15, 0.2) is 48.5 Å². The van der Waals surface area contributed by atoms with Crippen LogP contribution in [0.1, 0.15) is 31.9 Å². The van der Waals surface area contributed by atoms with Crippen LogP contribution in [-0.4, -0.2) is 54.8 Å². The van der Waals surface area contributed by atoms with Gasteiger partial charge in [-0.05, 0) is 30.5 Å². The fourth-order valence-electron chi connectivity index (χ4n) is 4.21. The second kappa shape index (κ2) is 10.3. The van der Waals surface area contributed by atoms with Gasteiger partial charge in [0.1, 0.15) is 11.6 Å². The van der Waals surface area contributed by atoms with E-state index in [2.05, 4.69) is 47.1 Å². The Kier molecular flexibility index (Phi) is 7.76. The number of nitrogens with zero attached hydrogens (tertiary/aromatic N) is 3. The van der Waals surface area contributed by atoms with E-state index in [1.807, 2.05) is 25.1 Å². The molecule has 166 valence electrons. The molecule has 6 heteroatoms. The number of methoxy groups -OCH3 is 1. The minimum atomic E-state index is -0.524. The molecule has 1 aliphatic heterocycles. The number of likely N-dealkylation sites (N-methyl/N-ethyl adjacent to an activating group) is 1. The number of aromatic nitrogens is 1. The summed E-state index contributed by atoms with van der Waals surface area (Å²) in [6, 6.07) is 16.6. The van der Waals surface area contributed by atoms with E-state index in [-0.39, 0.29) is 12.4 Å². The predicted octanol–water partition coefficient (Wildman–Crippen LogP) is 4.92. The van der Waals surface area contributed by atoms with Crippen molar-refractivity contribution in [1.82, 2.24) is 9.88 Å². The molecule has 5 nitrogen and oxygen atoms in total. The number of ether oxygens (including phenoxy) is 1. The fourth-order valence-corrected chi connectivity index (χ4v) is 4.21. The first-order valence-electron chi connectivity index (χ1n) is 10.9. The molecule has 1 saturated heterocycles. The van der Waals surface area contributed by atoms with Gasteiger partial charge < -0.3 is 19.6 Å². The number of fused-ring (bicyclic) bond motifs is 1. The van der Waals surface area contributed by atoms with E-state index in [9.17, 15) is 5.11 Å². The topological polar surface area (TPSA) is 48.8 Å². The summed E-state index contributed by atoms with van der Waals surface area (Å²) in [4.78, 5) is 9.99. The lowest BCUT2D eigenvalue weighted by atomic mass is 10.0. The maximum Gasteiger partial charge on any atom is 0.137 e. The lowest BCUT2D eigenvalue weighted by molar-refractivity contribution is 0.169. The highest BCUT2D eigenvalue weighted by Crippen LogP contribution is 2.35. The number of halogens is 1. The molecule has 0 bridgehead atoms. The molecular formula is C25H32ClN3O2. The molecular weight excluding hydrogens is 410 g/mol. The number of aliphatic hydroxyl groups is 1. The van der Waals surface area contributed by atoms with Gasteiger partial charge in [-0.15, -0.1) is 12.4 Å². The lowest BCUT2D eigenvalue weighted by Crippen LogP contribution is -2.46. The van der Waals surface area contributed by atoms with Crippen LogP contribution in [0, 0.1) is 0 Å². The zero-order valence-electron chi connectivity index (χ0n) is 18.5. The van der Waals surface area contributed by atoms with Crippen LogP contribution in [0.5, 0.6) is 5.75 Å². The Balaban J connectivity index is 0.00000272. The number of piperazine rings is 1. The van der Waals surface area contributed by atoms with Gasteiger partial charge in [0, 0.05) is 42.7 Å². The zero-order chi connectivity index (χ0) is 21.1. The van der Waals surface area contributed by atoms with Crippen molar-refractivity contribution in [2.45, 2.75) is 26.4 Å². The third-order valence-electron chi connectivity index (χ3n) is 6.11. The molecule has 1 fully saturated rings. The predicted molar refractivity (Wildman–Crippen MR) is 131 cm³/mol. The largest absolute Gasteiger partial charge is 0.496 e. The molecule has 1 atom stereocenters. The summed E-state index contributed by atoms with van der Waals surface area (Å²) >= 11 is 0. The zero-order valence-corrected chi connectivity index (χ0v) is 19.4. The van der Waals surface area contributed by atoms with Crippen LogP contribution < -0.4 is 9.64 Å². The molecule has 0 saturated carbocycles. The maximum absolute atomic E-state index is 10.3. The molecule has 1 aliphatic rings. The quantitative estimate of drug-likeness (QED) is 0.588. The molecule has 0 spiro atoms. The molecule has 31 heavy (non-hydrogen) atoms. The minimum absolute atomic E-state index is 0. The van der Waals surface area contributed by atoms with E-state index in [1.54, 1.807) is 7.11 Å². The first-order chi connectivity index (χ1) is 14.6. The second-order valence-corrected chi connectivity index (χ2v) is 7.85. The van der Waals surface area contributed by atoms with E-state index in [4.69, 9.17) is 9.72 Å². The van der Waals surface area contributed by atoms with Crippen LogP contribution in [0.4, 0.5) is 5.82 Å². The van der Waals surface area contributed by atoms with Gasteiger partial charge in [0.05, 0.1) is 18.9 Å². The van der Waals surface area contributed by atoms with E-state index in [0.29, 0.717) is 12.2 Å². The highest BCUT2D eigenvalue weighted by molar-refractivity contribution is 5.95. The van der Waals surface area contributed by atoms with Crippen LogP contribution in [-0.2, 0) is 0 Å². The monoisotopic (exact) mass is 441 g/mol. The number of rotatable bonds is 6. The van der Waals surface area contributed by atoms with Gasteiger partial charge in [-0.2, -0.15) is 0 Å². The van der Waals surface area contributed by atoms with Gasteiger partial charge in [0.2, 0.25) is 0 Å².